The number of rotatable bonds is 6. The van der Waals surface area contributed by atoms with E-state index in [1.165, 1.54) is 5.56 Å². The van der Waals surface area contributed by atoms with Gasteiger partial charge in [0, 0.05) is 40.8 Å². The standard InChI is InChI=1S/C39H43N7O2/c1-24-11-13-30(14-12-24)46-35(23-34(44-46)39(3,4)5)43-38(48)42-29-10-6-8-26(19-29)18-27-20-31-15-16-32(21-27)45(31)37(47)33-22-28-9-7-17-40-36(28)41-25(33)2/h6-14,17,19,22-23,27,31-32H,15-16,18,20-21H2,1-5H3,(H2,42,43,48). The quantitative estimate of drug-likeness (QED) is 0.196. The average molecular weight is 642 g/mol. The van der Waals surface area contributed by atoms with E-state index in [2.05, 4.69) is 58.4 Å². The van der Waals surface area contributed by atoms with Crippen LogP contribution in [-0.4, -0.2) is 48.7 Å². The maximum atomic E-state index is 13.8. The van der Waals surface area contributed by atoms with Gasteiger partial charge in [-0.1, -0.05) is 50.6 Å². The molecule has 9 heteroatoms. The van der Waals surface area contributed by atoms with Crippen molar-refractivity contribution in [3.63, 3.8) is 0 Å². The van der Waals surface area contributed by atoms with E-state index in [-0.39, 0.29) is 29.4 Å². The lowest BCUT2D eigenvalue weighted by Crippen LogP contribution is -2.47. The SMILES string of the molecule is Cc1ccc(-n2nc(C(C)(C)C)cc2NC(=O)Nc2cccc(CC3CC4CCC(C3)N4C(=O)c3cc4cccnc4nc3C)c2)cc1. The van der Waals surface area contributed by atoms with Gasteiger partial charge in [-0.15, -0.1) is 0 Å². The van der Waals surface area contributed by atoms with Crippen molar-refractivity contribution in [1.29, 1.82) is 0 Å². The fourth-order valence-corrected chi connectivity index (χ4v) is 7.35. The van der Waals surface area contributed by atoms with Crippen molar-refractivity contribution < 1.29 is 9.59 Å². The number of hydrogen-bond donors (Lipinski definition) is 2. The lowest BCUT2D eigenvalue weighted by Gasteiger charge is -2.39. The predicted octanol–water partition coefficient (Wildman–Crippen LogP) is 8.00. The Morgan fingerprint density at radius 2 is 1.65 bits per heavy atom. The van der Waals surface area contributed by atoms with E-state index in [9.17, 15) is 9.59 Å². The Balaban J connectivity index is 1.01. The molecule has 2 aliphatic heterocycles. The number of amides is 3. The Bertz CT molecular complexity index is 1980. The van der Waals surface area contributed by atoms with E-state index in [4.69, 9.17) is 5.10 Å². The van der Waals surface area contributed by atoms with Crippen molar-refractivity contribution in [3.05, 3.63) is 107 Å². The summed E-state index contributed by atoms with van der Waals surface area (Å²) in [6.45, 7) is 10.3. The van der Waals surface area contributed by atoms with E-state index >= 15 is 0 Å². The lowest BCUT2D eigenvalue weighted by atomic mass is 9.85. The molecule has 246 valence electrons. The monoisotopic (exact) mass is 641 g/mol. The van der Waals surface area contributed by atoms with Crippen LogP contribution in [0.1, 0.15) is 79.3 Å². The van der Waals surface area contributed by atoms with E-state index in [1.54, 1.807) is 10.9 Å². The smallest absolute Gasteiger partial charge is 0.324 e. The summed E-state index contributed by atoms with van der Waals surface area (Å²) < 4.78 is 1.79. The highest BCUT2D eigenvalue weighted by atomic mass is 16.2. The van der Waals surface area contributed by atoms with Crippen molar-refractivity contribution in [2.75, 3.05) is 10.6 Å². The summed E-state index contributed by atoms with van der Waals surface area (Å²) in [5, 5.41) is 11.8. The van der Waals surface area contributed by atoms with Gasteiger partial charge >= 0.3 is 6.03 Å². The largest absolute Gasteiger partial charge is 0.333 e. The molecule has 9 nitrogen and oxygen atoms in total. The fraction of sp³-hybridized carbons (Fsp3) is 0.359. The molecule has 2 unspecified atom stereocenters. The second kappa shape index (κ2) is 12.5. The number of aryl methyl sites for hydroxylation is 2. The third kappa shape index (κ3) is 6.41. The van der Waals surface area contributed by atoms with Crippen LogP contribution in [0.2, 0.25) is 0 Å². The highest BCUT2D eigenvalue weighted by Gasteiger charge is 2.43. The molecule has 3 aromatic heterocycles. The van der Waals surface area contributed by atoms with Crippen LogP contribution in [0.3, 0.4) is 0 Å². The predicted molar refractivity (Wildman–Crippen MR) is 190 cm³/mol. The number of pyridine rings is 2. The van der Waals surface area contributed by atoms with Crippen molar-refractivity contribution in [1.82, 2.24) is 24.6 Å². The number of nitrogens with one attached hydrogen (secondary N) is 2. The lowest BCUT2D eigenvalue weighted by molar-refractivity contribution is 0.0523. The molecule has 0 spiro atoms. The Morgan fingerprint density at radius 3 is 2.38 bits per heavy atom. The van der Waals surface area contributed by atoms with Crippen molar-refractivity contribution >= 4 is 34.5 Å². The molecule has 48 heavy (non-hydrogen) atoms. The molecule has 2 aromatic carbocycles. The maximum absolute atomic E-state index is 13.8. The van der Waals surface area contributed by atoms with Gasteiger partial charge in [-0.05, 0) is 99.9 Å². The molecule has 3 amide bonds. The first-order valence-corrected chi connectivity index (χ1v) is 16.9. The topological polar surface area (TPSA) is 105 Å². The second-order valence-corrected chi connectivity index (χ2v) is 14.5. The van der Waals surface area contributed by atoms with E-state index < -0.39 is 0 Å². The molecule has 2 aliphatic rings. The number of carbonyl (C=O) groups excluding carboxylic acids is 2. The molecule has 2 atom stereocenters. The average Bonchev–Trinajstić information content (AvgIpc) is 3.59. The molecule has 2 saturated heterocycles. The number of piperidine rings is 1. The van der Waals surface area contributed by atoms with Gasteiger partial charge in [-0.2, -0.15) is 5.10 Å². The highest BCUT2D eigenvalue weighted by molar-refractivity contribution is 6.00. The summed E-state index contributed by atoms with van der Waals surface area (Å²) in [4.78, 5) is 38.2. The molecular weight excluding hydrogens is 598 g/mol. The maximum Gasteiger partial charge on any atom is 0.324 e. The Labute approximate surface area is 281 Å². The molecule has 0 saturated carbocycles. The Kier molecular flexibility index (Phi) is 8.23. The number of carbonyl (C=O) groups is 2. The van der Waals surface area contributed by atoms with Gasteiger partial charge in [0.25, 0.3) is 5.91 Å². The first-order chi connectivity index (χ1) is 23.0. The number of benzene rings is 2. The third-order valence-electron chi connectivity index (χ3n) is 9.78. The van der Waals surface area contributed by atoms with E-state index in [0.29, 0.717) is 22.9 Å². The molecule has 7 rings (SSSR count). The van der Waals surface area contributed by atoms with Crippen molar-refractivity contribution in [3.8, 4) is 5.69 Å². The number of anilines is 2. The summed E-state index contributed by atoms with van der Waals surface area (Å²) in [6.07, 6.45) is 6.65. The minimum absolute atomic E-state index is 0.0901. The van der Waals surface area contributed by atoms with Crippen LogP contribution in [0.25, 0.3) is 16.7 Å². The normalized spacial score (nSPS) is 19.0. The Hall–Kier alpha value is -5.05. The van der Waals surface area contributed by atoms with E-state index in [1.807, 2.05) is 74.5 Å². The molecule has 0 radical (unpaired) electrons. The van der Waals surface area contributed by atoms with Gasteiger partial charge in [0.1, 0.15) is 5.82 Å². The van der Waals surface area contributed by atoms with Gasteiger partial charge in [0.2, 0.25) is 0 Å². The molecule has 2 fully saturated rings. The summed E-state index contributed by atoms with van der Waals surface area (Å²) in [7, 11) is 0. The third-order valence-corrected chi connectivity index (χ3v) is 9.78. The molecule has 2 N–H and O–H groups in total. The molecule has 0 aliphatic carbocycles. The molecule has 2 bridgehead atoms. The zero-order valence-electron chi connectivity index (χ0n) is 28.3. The number of urea groups is 1. The van der Waals surface area contributed by atoms with Crippen LogP contribution in [0.15, 0.2) is 79.0 Å². The minimum Gasteiger partial charge on any atom is -0.333 e. The molecule has 5 aromatic rings. The second-order valence-electron chi connectivity index (χ2n) is 14.5. The summed E-state index contributed by atoms with van der Waals surface area (Å²) in [6, 6.07) is 24.1. The highest BCUT2D eigenvalue weighted by Crippen LogP contribution is 2.41. The van der Waals surface area contributed by atoms with Gasteiger partial charge in [-0.25, -0.2) is 19.4 Å². The first-order valence-electron chi connectivity index (χ1n) is 16.9. The van der Waals surface area contributed by atoms with Gasteiger partial charge in [0.05, 0.1) is 22.6 Å². The van der Waals surface area contributed by atoms with Crippen LogP contribution >= 0.6 is 0 Å². The van der Waals surface area contributed by atoms with Crippen LogP contribution < -0.4 is 10.6 Å². The summed E-state index contributed by atoms with van der Waals surface area (Å²) in [5.74, 6) is 1.17. The number of fused-ring (bicyclic) bond motifs is 3. The molecular formula is C39H43N7O2. The van der Waals surface area contributed by atoms with Crippen LogP contribution in [0.5, 0.6) is 0 Å². The van der Waals surface area contributed by atoms with Crippen LogP contribution in [0, 0.1) is 19.8 Å². The van der Waals surface area contributed by atoms with Gasteiger partial charge in [0.15, 0.2) is 5.65 Å². The summed E-state index contributed by atoms with van der Waals surface area (Å²) >= 11 is 0. The number of hydrogen-bond acceptors (Lipinski definition) is 5. The van der Waals surface area contributed by atoms with Crippen molar-refractivity contribution in [2.45, 2.75) is 84.2 Å². The number of aromatic nitrogens is 4. The zero-order chi connectivity index (χ0) is 33.6. The van der Waals surface area contributed by atoms with Crippen LogP contribution in [0.4, 0.5) is 16.3 Å². The van der Waals surface area contributed by atoms with Crippen molar-refractivity contribution in [2.24, 2.45) is 5.92 Å². The van der Waals surface area contributed by atoms with E-state index in [0.717, 1.165) is 65.8 Å². The van der Waals surface area contributed by atoms with Crippen LogP contribution in [-0.2, 0) is 11.8 Å². The minimum atomic E-state index is -0.319. The summed E-state index contributed by atoms with van der Waals surface area (Å²) in [5.41, 5.74) is 6.77. The Morgan fingerprint density at radius 1 is 0.896 bits per heavy atom. The van der Waals surface area contributed by atoms with Gasteiger partial charge < -0.3 is 10.2 Å². The zero-order valence-corrected chi connectivity index (χ0v) is 28.3. The van der Waals surface area contributed by atoms with Gasteiger partial charge in [-0.3, -0.25) is 10.1 Å². The molecule has 5 heterocycles. The number of nitrogens with zero attached hydrogens (tertiary/aromatic N) is 5. The fourth-order valence-electron chi connectivity index (χ4n) is 7.35. The first kappa shape index (κ1) is 31.5.